The zero-order chi connectivity index (χ0) is 8.27. The Labute approximate surface area is 65.8 Å². The van der Waals surface area contributed by atoms with Gasteiger partial charge in [-0.05, 0) is 25.5 Å². The van der Waals surface area contributed by atoms with Gasteiger partial charge < -0.3 is 15.3 Å². The maximum absolute atomic E-state index is 9.41. The van der Waals surface area contributed by atoms with Gasteiger partial charge in [-0.25, -0.2) is 0 Å². The summed E-state index contributed by atoms with van der Waals surface area (Å²) in [6.07, 6.45) is 1.51. The zero-order valence-electron chi connectivity index (χ0n) is 6.53. The Hall–Kier alpha value is -0.800. The molecule has 1 aromatic heterocycles. The van der Waals surface area contributed by atoms with Gasteiger partial charge in [-0.2, -0.15) is 0 Å². The molecule has 0 aliphatic rings. The molecule has 1 aromatic rings. The van der Waals surface area contributed by atoms with Crippen LogP contribution >= 0.6 is 0 Å². The molecule has 0 aliphatic carbocycles. The highest BCUT2D eigenvalue weighted by atomic mass is 16.4. The molecule has 1 heterocycles. The summed E-state index contributed by atoms with van der Waals surface area (Å²) in [6, 6.07) is 3.49. The van der Waals surface area contributed by atoms with E-state index in [9.17, 15) is 5.11 Å². The van der Waals surface area contributed by atoms with E-state index in [1.807, 2.05) is 6.92 Å². The minimum atomic E-state index is -0.565. The molecule has 3 heteroatoms. The van der Waals surface area contributed by atoms with Crippen LogP contribution < -0.4 is 5.73 Å². The highest BCUT2D eigenvalue weighted by Gasteiger charge is 2.11. The molecule has 3 nitrogen and oxygen atoms in total. The van der Waals surface area contributed by atoms with Crippen molar-refractivity contribution in [2.24, 2.45) is 5.73 Å². The largest absolute Gasteiger partial charge is 0.467 e. The van der Waals surface area contributed by atoms with Crippen LogP contribution in [-0.2, 0) is 0 Å². The first-order chi connectivity index (χ1) is 5.20. The Morgan fingerprint density at radius 2 is 2.45 bits per heavy atom. The fourth-order valence-electron chi connectivity index (χ4n) is 0.949. The van der Waals surface area contributed by atoms with Crippen molar-refractivity contribution in [1.29, 1.82) is 0 Å². The van der Waals surface area contributed by atoms with Gasteiger partial charge in [0.25, 0.3) is 0 Å². The lowest BCUT2D eigenvalue weighted by molar-refractivity contribution is 0.134. The van der Waals surface area contributed by atoms with Gasteiger partial charge in [-0.15, -0.1) is 0 Å². The Morgan fingerprint density at radius 1 is 1.73 bits per heavy atom. The molecule has 0 aromatic carbocycles. The van der Waals surface area contributed by atoms with Crippen LogP contribution in [0.1, 0.15) is 25.2 Å². The minimum Gasteiger partial charge on any atom is -0.467 e. The molecule has 0 saturated heterocycles. The van der Waals surface area contributed by atoms with Crippen molar-refractivity contribution in [2.75, 3.05) is 0 Å². The average Bonchev–Trinajstić information content (AvgIpc) is 2.35. The summed E-state index contributed by atoms with van der Waals surface area (Å²) in [5, 5.41) is 9.41. The molecule has 0 saturated carbocycles. The van der Waals surface area contributed by atoms with E-state index in [1.54, 1.807) is 18.4 Å². The fourth-order valence-corrected chi connectivity index (χ4v) is 0.949. The molecule has 0 spiro atoms. The van der Waals surface area contributed by atoms with Crippen LogP contribution in [0.15, 0.2) is 22.8 Å². The van der Waals surface area contributed by atoms with E-state index in [2.05, 4.69) is 0 Å². The standard InChI is InChI=1S/C8H13NO2/c1-6(9)5-7(10)8-3-2-4-11-8/h2-4,6-7,10H,5,9H2,1H3/t6-,7+/m1/s1. The van der Waals surface area contributed by atoms with Gasteiger partial charge in [-0.1, -0.05) is 0 Å². The fraction of sp³-hybridized carbons (Fsp3) is 0.500. The van der Waals surface area contributed by atoms with E-state index >= 15 is 0 Å². The molecule has 0 bridgehead atoms. The van der Waals surface area contributed by atoms with E-state index in [0.717, 1.165) is 0 Å². The predicted octanol–water partition coefficient (Wildman–Crippen LogP) is 1.05. The first kappa shape index (κ1) is 8.30. The summed E-state index contributed by atoms with van der Waals surface area (Å²) in [7, 11) is 0. The molecule has 11 heavy (non-hydrogen) atoms. The van der Waals surface area contributed by atoms with E-state index in [-0.39, 0.29) is 6.04 Å². The quantitative estimate of drug-likeness (QED) is 0.685. The third-order valence-electron chi connectivity index (χ3n) is 1.47. The van der Waals surface area contributed by atoms with Crippen LogP contribution in [0.25, 0.3) is 0 Å². The van der Waals surface area contributed by atoms with Crippen molar-refractivity contribution >= 4 is 0 Å². The summed E-state index contributed by atoms with van der Waals surface area (Å²) in [4.78, 5) is 0. The number of rotatable bonds is 3. The van der Waals surface area contributed by atoms with Gasteiger partial charge in [-0.3, -0.25) is 0 Å². The predicted molar refractivity (Wildman–Crippen MR) is 41.9 cm³/mol. The Bertz CT molecular complexity index is 194. The van der Waals surface area contributed by atoms with E-state index < -0.39 is 6.10 Å². The number of furan rings is 1. The van der Waals surface area contributed by atoms with Crippen molar-refractivity contribution in [2.45, 2.75) is 25.5 Å². The molecular formula is C8H13NO2. The van der Waals surface area contributed by atoms with Gasteiger partial charge in [0, 0.05) is 6.04 Å². The molecule has 0 unspecified atom stereocenters. The molecular weight excluding hydrogens is 142 g/mol. The number of hydrogen-bond donors (Lipinski definition) is 2. The second-order valence-corrected chi connectivity index (χ2v) is 2.74. The molecule has 0 radical (unpaired) electrons. The van der Waals surface area contributed by atoms with Gasteiger partial charge in [0.2, 0.25) is 0 Å². The Balaban J connectivity index is 2.49. The lowest BCUT2D eigenvalue weighted by Crippen LogP contribution is -2.18. The third kappa shape index (κ3) is 2.37. The smallest absolute Gasteiger partial charge is 0.132 e. The zero-order valence-corrected chi connectivity index (χ0v) is 6.53. The summed E-state index contributed by atoms with van der Waals surface area (Å²) in [5.74, 6) is 0.585. The van der Waals surface area contributed by atoms with E-state index in [1.165, 1.54) is 0 Å². The van der Waals surface area contributed by atoms with E-state index in [0.29, 0.717) is 12.2 Å². The number of aliphatic hydroxyl groups excluding tert-OH is 1. The van der Waals surface area contributed by atoms with Crippen LogP contribution in [0.4, 0.5) is 0 Å². The highest BCUT2D eigenvalue weighted by Crippen LogP contribution is 2.17. The first-order valence-electron chi connectivity index (χ1n) is 3.67. The SMILES string of the molecule is C[C@@H](N)C[C@H](O)c1ccco1. The average molecular weight is 155 g/mol. The molecule has 62 valence electrons. The maximum Gasteiger partial charge on any atom is 0.132 e. The van der Waals surface area contributed by atoms with Gasteiger partial charge in [0.15, 0.2) is 0 Å². The van der Waals surface area contributed by atoms with Crippen LogP contribution in [0.2, 0.25) is 0 Å². The number of nitrogens with two attached hydrogens (primary N) is 1. The molecule has 2 atom stereocenters. The van der Waals surface area contributed by atoms with Crippen molar-refractivity contribution in [3.8, 4) is 0 Å². The van der Waals surface area contributed by atoms with E-state index in [4.69, 9.17) is 10.2 Å². The molecule has 0 fully saturated rings. The Kier molecular flexibility index (Phi) is 2.68. The molecule has 0 aliphatic heterocycles. The summed E-state index contributed by atoms with van der Waals surface area (Å²) >= 11 is 0. The summed E-state index contributed by atoms with van der Waals surface area (Å²) in [6.45, 7) is 1.85. The van der Waals surface area contributed by atoms with Crippen molar-refractivity contribution in [3.05, 3.63) is 24.2 Å². The normalized spacial score (nSPS) is 16.3. The van der Waals surface area contributed by atoms with Crippen LogP contribution in [0.3, 0.4) is 0 Å². The highest BCUT2D eigenvalue weighted by molar-refractivity contribution is 5.01. The van der Waals surface area contributed by atoms with Crippen molar-refractivity contribution in [3.63, 3.8) is 0 Å². The lowest BCUT2D eigenvalue weighted by atomic mass is 10.1. The summed E-state index contributed by atoms with van der Waals surface area (Å²) < 4.78 is 4.99. The molecule has 3 N–H and O–H groups in total. The summed E-state index contributed by atoms with van der Waals surface area (Å²) in [5.41, 5.74) is 5.50. The van der Waals surface area contributed by atoms with Crippen LogP contribution in [-0.4, -0.2) is 11.1 Å². The third-order valence-corrected chi connectivity index (χ3v) is 1.47. The van der Waals surface area contributed by atoms with Crippen molar-refractivity contribution in [1.82, 2.24) is 0 Å². The van der Waals surface area contributed by atoms with Crippen LogP contribution in [0.5, 0.6) is 0 Å². The second-order valence-electron chi connectivity index (χ2n) is 2.74. The van der Waals surface area contributed by atoms with Crippen LogP contribution in [0, 0.1) is 0 Å². The molecule has 0 amide bonds. The Morgan fingerprint density at radius 3 is 2.91 bits per heavy atom. The molecule has 1 rings (SSSR count). The lowest BCUT2D eigenvalue weighted by Gasteiger charge is -2.09. The number of aliphatic hydroxyl groups is 1. The topological polar surface area (TPSA) is 59.4 Å². The van der Waals surface area contributed by atoms with Crippen molar-refractivity contribution < 1.29 is 9.52 Å². The van der Waals surface area contributed by atoms with Gasteiger partial charge in [0.05, 0.1) is 6.26 Å². The maximum atomic E-state index is 9.41. The monoisotopic (exact) mass is 155 g/mol. The minimum absolute atomic E-state index is 0.00454. The first-order valence-corrected chi connectivity index (χ1v) is 3.67. The number of hydrogen-bond acceptors (Lipinski definition) is 3. The second kappa shape index (κ2) is 3.55. The van der Waals surface area contributed by atoms with Gasteiger partial charge in [0.1, 0.15) is 11.9 Å². The van der Waals surface area contributed by atoms with Gasteiger partial charge >= 0.3 is 0 Å².